The fourth-order valence-electron chi connectivity index (χ4n) is 6.06. The van der Waals surface area contributed by atoms with Crippen LogP contribution in [0, 0.1) is 28.1 Å². The van der Waals surface area contributed by atoms with E-state index in [0.29, 0.717) is 6.42 Å². The maximum absolute atomic E-state index is 9.47. The molecule has 182 valence electrons. The molecule has 5 aromatic rings. The molecule has 6 rings (SSSR count). The second-order valence-corrected chi connectivity index (χ2v) is 10.9. The van der Waals surface area contributed by atoms with Gasteiger partial charge in [-0.15, -0.1) is 5.73 Å². The van der Waals surface area contributed by atoms with Gasteiger partial charge in [-0.1, -0.05) is 86.6 Å². The van der Waals surface area contributed by atoms with Gasteiger partial charge in [0.1, 0.15) is 17.7 Å². The van der Waals surface area contributed by atoms with Gasteiger partial charge in [-0.3, -0.25) is 0 Å². The number of rotatable bonds is 2. The number of aromatic nitrogens is 1. The molecule has 1 aliphatic rings. The van der Waals surface area contributed by atoms with Crippen molar-refractivity contribution in [3.05, 3.63) is 113 Å². The predicted molar refractivity (Wildman–Crippen MR) is 156 cm³/mol. The standard InChI is InChI=1S/C35H27N3/c1-35(2)20-24(19-27(21-35)28(22-36)23-37)17-18-26-11-7-14-31-30-13-5-6-15-33(30)38(34(26)31)32-16-8-10-25-9-3-4-12-29(25)32/h3-16,18H,19-21H2,1-2H3. The Morgan fingerprint density at radius 2 is 1.47 bits per heavy atom. The van der Waals surface area contributed by atoms with Crippen molar-refractivity contribution in [2.45, 2.75) is 33.1 Å². The molecule has 3 nitrogen and oxygen atoms in total. The molecule has 0 N–H and O–H groups in total. The Labute approximate surface area is 222 Å². The monoisotopic (exact) mass is 489 g/mol. The Balaban J connectivity index is 1.62. The van der Waals surface area contributed by atoms with Crippen molar-refractivity contribution in [2.24, 2.45) is 5.41 Å². The van der Waals surface area contributed by atoms with Crippen LogP contribution in [0.15, 0.2) is 107 Å². The highest BCUT2D eigenvalue weighted by molar-refractivity contribution is 6.12. The van der Waals surface area contributed by atoms with Gasteiger partial charge in [0.25, 0.3) is 0 Å². The number of nitriles is 2. The summed E-state index contributed by atoms with van der Waals surface area (Å²) in [7, 11) is 0. The fraction of sp³-hybridized carbons (Fsp3) is 0.171. The lowest BCUT2D eigenvalue weighted by Crippen LogP contribution is -2.19. The van der Waals surface area contributed by atoms with Gasteiger partial charge >= 0.3 is 0 Å². The highest BCUT2D eigenvalue weighted by atomic mass is 15.0. The number of nitrogens with zero attached hydrogens (tertiary/aromatic N) is 3. The van der Waals surface area contributed by atoms with E-state index in [1.807, 2.05) is 0 Å². The highest BCUT2D eigenvalue weighted by Crippen LogP contribution is 2.42. The quantitative estimate of drug-likeness (QED) is 0.183. The van der Waals surface area contributed by atoms with Crippen LogP contribution in [-0.2, 0) is 0 Å². The molecule has 0 aliphatic heterocycles. The lowest BCUT2D eigenvalue weighted by Gasteiger charge is -2.32. The molecule has 1 saturated carbocycles. The molecular weight excluding hydrogens is 462 g/mol. The van der Waals surface area contributed by atoms with Crippen molar-refractivity contribution in [1.29, 1.82) is 10.5 Å². The molecule has 4 aromatic carbocycles. The maximum Gasteiger partial charge on any atom is 0.129 e. The zero-order chi connectivity index (χ0) is 26.3. The number of hydrogen-bond donors (Lipinski definition) is 0. The Kier molecular flexibility index (Phi) is 5.73. The van der Waals surface area contributed by atoms with E-state index in [4.69, 9.17) is 0 Å². The summed E-state index contributed by atoms with van der Waals surface area (Å²) in [6.07, 6.45) is 4.37. The number of benzene rings is 4. The van der Waals surface area contributed by atoms with Crippen molar-refractivity contribution < 1.29 is 0 Å². The number of hydrogen-bond acceptors (Lipinski definition) is 2. The molecule has 0 spiro atoms. The van der Waals surface area contributed by atoms with Crippen LogP contribution in [0.25, 0.3) is 44.3 Å². The largest absolute Gasteiger partial charge is 0.308 e. The summed E-state index contributed by atoms with van der Waals surface area (Å²) in [6.45, 7) is 4.39. The van der Waals surface area contributed by atoms with Gasteiger partial charge in [0, 0.05) is 21.7 Å². The third-order valence-corrected chi connectivity index (χ3v) is 7.55. The predicted octanol–water partition coefficient (Wildman–Crippen LogP) is 9.03. The smallest absolute Gasteiger partial charge is 0.129 e. The Morgan fingerprint density at radius 3 is 2.29 bits per heavy atom. The Bertz CT molecular complexity index is 1900. The molecular formula is C35H27N3. The van der Waals surface area contributed by atoms with Crippen LogP contribution >= 0.6 is 0 Å². The summed E-state index contributed by atoms with van der Waals surface area (Å²) in [6, 6.07) is 34.2. The first kappa shape index (κ1) is 23.6. The van der Waals surface area contributed by atoms with Gasteiger partial charge in [0.15, 0.2) is 0 Å². The molecule has 0 bridgehead atoms. The minimum atomic E-state index is -0.0213. The zero-order valence-electron chi connectivity index (χ0n) is 21.6. The highest BCUT2D eigenvalue weighted by Gasteiger charge is 2.29. The SMILES string of the molecule is CC1(C)CC(=C=Cc2cccc3c4ccccc4n(-c4cccc5ccccc45)c23)CC(=C(C#N)C#N)C1. The molecule has 3 heteroatoms. The van der Waals surface area contributed by atoms with Gasteiger partial charge < -0.3 is 4.57 Å². The lowest BCUT2D eigenvalue weighted by molar-refractivity contribution is 0.332. The first-order chi connectivity index (χ1) is 18.5. The summed E-state index contributed by atoms with van der Waals surface area (Å²) >= 11 is 0. The number of fused-ring (bicyclic) bond motifs is 4. The molecule has 0 saturated heterocycles. The van der Waals surface area contributed by atoms with Gasteiger partial charge in [0.05, 0.1) is 16.7 Å². The van der Waals surface area contributed by atoms with E-state index < -0.39 is 0 Å². The lowest BCUT2D eigenvalue weighted by atomic mass is 9.72. The maximum atomic E-state index is 9.47. The van der Waals surface area contributed by atoms with E-state index in [-0.39, 0.29) is 11.0 Å². The van der Waals surface area contributed by atoms with E-state index >= 15 is 0 Å². The molecule has 1 aromatic heterocycles. The summed E-state index contributed by atoms with van der Waals surface area (Å²) in [4.78, 5) is 0. The molecule has 1 fully saturated rings. The number of allylic oxidation sites excluding steroid dienone is 3. The van der Waals surface area contributed by atoms with Crippen LogP contribution in [0.5, 0.6) is 0 Å². The summed E-state index contributed by atoms with van der Waals surface area (Å²) in [5, 5.41) is 23.8. The van der Waals surface area contributed by atoms with Crippen LogP contribution in [0.3, 0.4) is 0 Å². The fourth-order valence-corrected chi connectivity index (χ4v) is 6.06. The van der Waals surface area contributed by atoms with Crippen LogP contribution in [0.4, 0.5) is 0 Å². The normalized spacial score (nSPS) is 14.7. The molecule has 0 unspecified atom stereocenters. The van der Waals surface area contributed by atoms with Crippen LogP contribution in [0.2, 0.25) is 0 Å². The third-order valence-electron chi connectivity index (χ3n) is 7.55. The van der Waals surface area contributed by atoms with Crippen molar-refractivity contribution in [2.75, 3.05) is 0 Å². The van der Waals surface area contributed by atoms with Gasteiger partial charge in [-0.05, 0) is 59.4 Å². The van der Waals surface area contributed by atoms with Crippen LogP contribution in [-0.4, -0.2) is 4.57 Å². The van der Waals surface area contributed by atoms with Crippen molar-refractivity contribution >= 4 is 38.7 Å². The van der Waals surface area contributed by atoms with Crippen molar-refractivity contribution in [3.63, 3.8) is 0 Å². The van der Waals surface area contributed by atoms with Crippen LogP contribution < -0.4 is 0 Å². The summed E-state index contributed by atoms with van der Waals surface area (Å²) in [5.74, 6) is 0. The van der Waals surface area contributed by atoms with E-state index in [1.54, 1.807) is 0 Å². The average Bonchev–Trinajstić information content (AvgIpc) is 3.26. The van der Waals surface area contributed by atoms with Gasteiger partial charge in [0.2, 0.25) is 0 Å². The average molecular weight is 490 g/mol. The summed E-state index contributed by atoms with van der Waals surface area (Å²) < 4.78 is 2.38. The second-order valence-electron chi connectivity index (χ2n) is 10.9. The minimum absolute atomic E-state index is 0.0213. The first-order valence-electron chi connectivity index (χ1n) is 13.0. The molecule has 38 heavy (non-hydrogen) atoms. The molecule has 0 radical (unpaired) electrons. The van der Waals surface area contributed by atoms with E-state index in [2.05, 4.69) is 127 Å². The number of para-hydroxylation sites is 2. The second kappa shape index (κ2) is 9.24. The molecule has 0 amide bonds. The van der Waals surface area contributed by atoms with E-state index in [9.17, 15) is 10.5 Å². The molecule has 1 aliphatic carbocycles. The Morgan fingerprint density at radius 1 is 0.789 bits per heavy atom. The molecule has 0 atom stereocenters. The van der Waals surface area contributed by atoms with Gasteiger partial charge in [-0.25, -0.2) is 0 Å². The molecule has 1 heterocycles. The Hall–Kier alpha value is -4.82. The first-order valence-corrected chi connectivity index (χ1v) is 13.0. The summed E-state index contributed by atoms with van der Waals surface area (Å²) in [5.41, 5.74) is 10.4. The minimum Gasteiger partial charge on any atom is -0.308 e. The van der Waals surface area contributed by atoms with Crippen molar-refractivity contribution in [3.8, 4) is 17.8 Å². The zero-order valence-corrected chi connectivity index (χ0v) is 21.6. The topological polar surface area (TPSA) is 52.5 Å². The van der Waals surface area contributed by atoms with E-state index in [0.717, 1.165) is 40.8 Å². The van der Waals surface area contributed by atoms with E-state index in [1.165, 1.54) is 27.1 Å². The van der Waals surface area contributed by atoms with Gasteiger partial charge in [-0.2, -0.15) is 10.5 Å². The van der Waals surface area contributed by atoms with Crippen LogP contribution in [0.1, 0.15) is 38.7 Å². The third kappa shape index (κ3) is 4.01. The van der Waals surface area contributed by atoms with Crippen molar-refractivity contribution in [1.82, 2.24) is 4.57 Å².